The summed E-state index contributed by atoms with van der Waals surface area (Å²) in [6, 6.07) is 10.3. The maximum Gasteiger partial charge on any atom is 0.306 e. The van der Waals surface area contributed by atoms with Gasteiger partial charge in [-0.2, -0.15) is 0 Å². The van der Waals surface area contributed by atoms with Crippen molar-refractivity contribution in [1.29, 1.82) is 0 Å². The fraction of sp³-hybridized carbons (Fsp3) is 0.250. The van der Waals surface area contributed by atoms with Crippen LogP contribution in [0.4, 0.5) is 0 Å². The molecule has 3 heterocycles. The lowest BCUT2D eigenvalue weighted by Gasteiger charge is -2.08. The van der Waals surface area contributed by atoms with Crippen LogP contribution in [0.15, 0.2) is 51.9 Å². The van der Waals surface area contributed by atoms with Crippen LogP contribution in [0, 0.1) is 0 Å². The normalized spacial score (nSPS) is 11.1. The van der Waals surface area contributed by atoms with Gasteiger partial charge in [-0.1, -0.05) is 12.1 Å². The van der Waals surface area contributed by atoms with E-state index in [1.807, 2.05) is 6.07 Å². The van der Waals surface area contributed by atoms with Crippen LogP contribution in [0.3, 0.4) is 0 Å². The van der Waals surface area contributed by atoms with Gasteiger partial charge in [0, 0.05) is 20.0 Å². The van der Waals surface area contributed by atoms with Crippen molar-refractivity contribution in [3.8, 4) is 0 Å². The number of hydrogen-bond donors (Lipinski definition) is 1. The highest BCUT2D eigenvalue weighted by Crippen LogP contribution is 2.14. The first kappa shape index (κ1) is 19.4. The van der Waals surface area contributed by atoms with Gasteiger partial charge >= 0.3 is 5.97 Å². The number of rotatable bonds is 7. The van der Waals surface area contributed by atoms with Gasteiger partial charge in [-0.15, -0.1) is 10.2 Å². The van der Waals surface area contributed by atoms with E-state index in [0.29, 0.717) is 35.5 Å². The highest BCUT2D eigenvalue weighted by molar-refractivity contribution is 5.91. The number of nitrogens with one attached hydrogen (secondary N) is 1. The SMILES string of the molecule is Cn1c(=O)c2ccccc2n2c(COC(=O)CCCNC(=O)c3ccco3)nnc12. The second-order valence-corrected chi connectivity index (χ2v) is 6.63. The number of fused-ring (bicyclic) bond motifs is 3. The summed E-state index contributed by atoms with van der Waals surface area (Å²) in [6.45, 7) is 0.232. The summed E-state index contributed by atoms with van der Waals surface area (Å²) in [5.41, 5.74) is 0.470. The molecule has 154 valence electrons. The molecule has 1 N–H and O–H groups in total. The summed E-state index contributed by atoms with van der Waals surface area (Å²) in [5, 5.41) is 11.3. The van der Waals surface area contributed by atoms with Crippen molar-refractivity contribution < 1.29 is 18.7 Å². The number of carbonyl (C=O) groups is 2. The lowest BCUT2D eigenvalue weighted by Crippen LogP contribution is -2.24. The van der Waals surface area contributed by atoms with Crippen LogP contribution in [0.2, 0.25) is 0 Å². The minimum absolute atomic E-state index is 0.0824. The number of furan rings is 1. The van der Waals surface area contributed by atoms with E-state index in [1.54, 1.807) is 41.8 Å². The molecule has 10 nitrogen and oxygen atoms in total. The van der Waals surface area contributed by atoms with Crippen molar-refractivity contribution in [1.82, 2.24) is 24.5 Å². The number of carbonyl (C=O) groups excluding carboxylic acids is 2. The van der Waals surface area contributed by atoms with E-state index in [2.05, 4.69) is 15.5 Å². The fourth-order valence-electron chi connectivity index (χ4n) is 3.13. The van der Waals surface area contributed by atoms with Gasteiger partial charge in [-0.05, 0) is 30.7 Å². The van der Waals surface area contributed by atoms with Gasteiger partial charge in [0.25, 0.3) is 11.5 Å². The second-order valence-electron chi connectivity index (χ2n) is 6.63. The average Bonchev–Trinajstić information content (AvgIpc) is 3.44. The molecule has 10 heteroatoms. The van der Waals surface area contributed by atoms with Crippen molar-refractivity contribution in [3.63, 3.8) is 0 Å². The Labute approximate surface area is 170 Å². The Hall–Kier alpha value is -3.95. The number of benzene rings is 1. The van der Waals surface area contributed by atoms with Gasteiger partial charge in [0.15, 0.2) is 18.2 Å². The number of aryl methyl sites for hydroxylation is 1. The topological polar surface area (TPSA) is 121 Å². The molecule has 0 radical (unpaired) electrons. The van der Waals surface area contributed by atoms with Crippen LogP contribution in [-0.2, 0) is 23.2 Å². The number of esters is 1. The summed E-state index contributed by atoms with van der Waals surface area (Å²) in [5.74, 6) is 0.244. The molecule has 0 aliphatic heterocycles. The van der Waals surface area contributed by atoms with E-state index in [4.69, 9.17) is 9.15 Å². The summed E-state index contributed by atoms with van der Waals surface area (Å²) >= 11 is 0. The Kier molecular flexibility index (Phi) is 5.29. The number of para-hydroxylation sites is 1. The molecule has 3 aromatic heterocycles. The predicted octanol–water partition coefficient (Wildman–Crippen LogP) is 1.43. The van der Waals surface area contributed by atoms with Crippen molar-refractivity contribution in [2.24, 2.45) is 7.05 Å². The van der Waals surface area contributed by atoms with E-state index in [-0.39, 0.29) is 30.3 Å². The average molecular weight is 409 g/mol. The first-order chi connectivity index (χ1) is 14.6. The number of nitrogens with zero attached hydrogens (tertiary/aromatic N) is 4. The molecule has 0 bridgehead atoms. The Morgan fingerprint density at radius 3 is 2.80 bits per heavy atom. The molecule has 4 rings (SSSR count). The minimum atomic E-state index is -0.423. The Balaban J connectivity index is 1.37. The Morgan fingerprint density at radius 2 is 2.00 bits per heavy atom. The number of aromatic nitrogens is 4. The van der Waals surface area contributed by atoms with Gasteiger partial charge in [0.1, 0.15) is 0 Å². The summed E-state index contributed by atoms with van der Waals surface area (Å²) in [4.78, 5) is 36.3. The number of hydrogen-bond acceptors (Lipinski definition) is 7. The van der Waals surface area contributed by atoms with E-state index in [1.165, 1.54) is 10.8 Å². The zero-order valence-corrected chi connectivity index (χ0v) is 16.2. The van der Waals surface area contributed by atoms with Gasteiger partial charge in [0.05, 0.1) is 17.2 Å². The van der Waals surface area contributed by atoms with Crippen molar-refractivity contribution >= 4 is 28.6 Å². The van der Waals surface area contributed by atoms with Gasteiger partial charge in [0.2, 0.25) is 5.78 Å². The molecule has 1 aromatic carbocycles. The van der Waals surface area contributed by atoms with E-state index in [9.17, 15) is 14.4 Å². The molecule has 0 saturated carbocycles. The smallest absolute Gasteiger partial charge is 0.306 e. The molecule has 0 atom stereocenters. The minimum Gasteiger partial charge on any atom is -0.459 e. The lowest BCUT2D eigenvalue weighted by molar-refractivity contribution is -0.145. The van der Waals surface area contributed by atoms with Crippen LogP contribution >= 0.6 is 0 Å². The number of amides is 1. The zero-order chi connectivity index (χ0) is 21.1. The largest absolute Gasteiger partial charge is 0.459 e. The van der Waals surface area contributed by atoms with E-state index < -0.39 is 5.97 Å². The first-order valence-corrected chi connectivity index (χ1v) is 9.35. The molecule has 0 unspecified atom stereocenters. The van der Waals surface area contributed by atoms with E-state index >= 15 is 0 Å². The molecule has 0 saturated heterocycles. The third kappa shape index (κ3) is 3.66. The van der Waals surface area contributed by atoms with Crippen LogP contribution in [0.25, 0.3) is 16.7 Å². The first-order valence-electron chi connectivity index (χ1n) is 9.35. The molecule has 0 aliphatic carbocycles. The lowest BCUT2D eigenvalue weighted by atomic mass is 10.2. The quantitative estimate of drug-likeness (QED) is 0.362. The molecule has 0 fully saturated rings. The van der Waals surface area contributed by atoms with Crippen LogP contribution in [0.5, 0.6) is 0 Å². The second kappa shape index (κ2) is 8.19. The fourth-order valence-corrected chi connectivity index (χ4v) is 3.13. The van der Waals surface area contributed by atoms with Crippen molar-refractivity contribution in [2.75, 3.05) is 6.54 Å². The highest BCUT2D eigenvalue weighted by Gasteiger charge is 2.16. The van der Waals surface area contributed by atoms with Crippen molar-refractivity contribution in [2.45, 2.75) is 19.4 Å². The van der Waals surface area contributed by atoms with Gasteiger partial charge < -0.3 is 14.5 Å². The summed E-state index contributed by atoms with van der Waals surface area (Å²) in [7, 11) is 1.62. The Morgan fingerprint density at radius 1 is 1.17 bits per heavy atom. The van der Waals surface area contributed by atoms with E-state index in [0.717, 1.165) is 0 Å². The number of ether oxygens (including phenoxy) is 1. The summed E-state index contributed by atoms with van der Waals surface area (Å²) in [6.07, 6.45) is 1.97. The Bertz CT molecular complexity index is 1270. The van der Waals surface area contributed by atoms with Crippen LogP contribution in [0.1, 0.15) is 29.2 Å². The molecule has 0 aliphatic rings. The van der Waals surface area contributed by atoms with Crippen LogP contribution < -0.4 is 10.9 Å². The molecular formula is C20H19N5O5. The van der Waals surface area contributed by atoms with Crippen molar-refractivity contribution in [3.05, 3.63) is 64.6 Å². The third-order valence-corrected chi connectivity index (χ3v) is 4.64. The summed E-state index contributed by atoms with van der Waals surface area (Å²) < 4.78 is 13.4. The molecular weight excluding hydrogens is 390 g/mol. The van der Waals surface area contributed by atoms with Crippen LogP contribution in [-0.4, -0.2) is 37.6 Å². The van der Waals surface area contributed by atoms with Gasteiger partial charge in [-0.3, -0.25) is 23.4 Å². The molecule has 4 aromatic rings. The predicted molar refractivity (Wildman–Crippen MR) is 106 cm³/mol. The third-order valence-electron chi connectivity index (χ3n) is 4.64. The monoisotopic (exact) mass is 409 g/mol. The maximum absolute atomic E-state index is 12.4. The molecule has 1 amide bonds. The maximum atomic E-state index is 12.4. The standard InChI is InChI=1S/C20H19N5O5/c1-24-19(28)13-6-2-3-7-14(13)25-16(22-23-20(24)25)12-30-17(26)9-4-10-21-18(27)15-8-5-11-29-15/h2-3,5-8,11H,4,9-10,12H2,1H3,(H,21,27). The zero-order valence-electron chi connectivity index (χ0n) is 16.2. The molecule has 30 heavy (non-hydrogen) atoms. The van der Waals surface area contributed by atoms with Gasteiger partial charge in [-0.25, -0.2) is 0 Å². The molecule has 0 spiro atoms. The highest BCUT2D eigenvalue weighted by atomic mass is 16.5.